The summed E-state index contributed by atoms with van der Waals surface area (Å²) in [6, 6.07) is 12.2. The van der Waals surface area contributed by atoms with Gasteiger partial charge in [0.15, 0.2) is 0 Å². The fraction of sp³-hybridized carbons (Fsp3) is 0. The van der Waals surface area contributed by atoms with E-state index in [9.17, 15) is 10.1 Å². The zero-order valence-electron chi connectivity index (χ0n) is 8.63. The van der Waals surface area contributed by atoms with E-state index in [1.165, 1.54) is 10.2 Å². The van der Waals surface area contributed by atoms with Gasteiger partial charge in [0.25, 0.3) is 5.69 Å². The predicted molar refractivity (Wildman–Crippen MR) is 67.3 cm³/mol. The molecule has 1 aromatic heterocycles. The van der Waals surface area contributed by atoms with Crippen molar-refractivity contribution in [2.45, 2.75) is 0 Å². The van der Waals surface area contributed by atoms with Crippen LogP contribution < -0.4 is 0 Å². The van der Waals surface area contributed by atoms with Crippen LogP contribution in [0.25, 0.3) is 21.8 Å². The summed E-state index contributed by atoms with van der Waals surface area (Å²) in [6.07, 6.45) is 0. The Hall–Kier alpha value is -2.07. The van der Waals surface area contributed by atoms with Crippen molar-refractivity contribution < 1.29 is 4.92 Å². The highest BCUT2D eigenvalue weighted by Crippen LogP contribution is 2.32. The summed E-state index contributed by atoms with van der Waals surface area (Å²) in [5.74, 6) is 0. The highest BCUT2D eigenvalue weighted by atomic mass is 35.5. The number of benzene rings is 2. The van der Waals surface area contributed by atoms with Gasteiger partial charge in [-0.1, -0.05) is 18.2 Å². The van der Waals surface area contributed by atoms with Gasteiger partial charge in [0.2, 0.25) is 0 Å². The molecule has 84 valence electrons. The normalized spacial score (nSPS) is 11.1. The van der Waals surface area contributed by atoms with E-state index in [-0.39, 0.29) is 5.69 Å². The molecule has 0 saturated carbocycles. The molecule has 3 aromatic rings. The van der Waals surface area contributed by atoms with Gasteiger partial charge in [-0.3, -0.25) is 14.2 Å². The Labute approximate surface area is 101 Å². The Balaban J connectivity index is 2.50. The van der Waals surface area contributed by atoms with Crippen LogP contribution in [0.15, 0.2) is 42.5 Å². The van der Waals surface area contributed by atoms with Gasteiger partial charge in [0, 0.05) is 34.7 Å². The quantitative estimate of drug-likeness (QED) is 0.485. The smallest absolute Gasteiger partial charge is 0.258 e. The summed E-state index contributed by atoms with van der Waals surface area (Å²) in [4.78, 5) is 10.4. The van der Waals surface area contributed by atoms with Crippen LogP contribution in [0.4, 0.5) is 5.69 Å². The van der Waals surface area contributed by atoms with Gasteiger partial charge >= 0.3 is 0 Å². The second-order valence-electron chi connectivity index (χ2n) is 3.76. The Morgan fingerprint density at radius 3 is 2.53 bits per heavy atom. The molecular weight excluding hydrogens is 240 g/mol. The largest absolute Gasteiger partial charge is 0.270 e. The number of nitro groups is 1. The van der Waals surface area contributed by atoms with Crippen molar-refractivity contribution in [3.63, 3.8) is 0 Å². The van der Waals surface area contributed by atoms with Gasteiger partial charge in [-0.05, 0) is 12.1 Å². The topological polar surface area (TPSA) is 48.1 Å². The van der Waals surface area contributed by atoms with Crippen molar-refractivity contribution in [2.75, 3.05) is 0 Å². The number of para-hydroxylation sites is 1. The molecule has 0 atom stereocenters. The van der Waals surface area contributed by atoms with E-state index >= 15 is 0 Å². The monoisotopic (exact) mass is 246 g/mol. The van der Waals surface area contributed by atoms with E-state index in [1.807, 2.05) is 24.3 Å². The first-order valence-corrected chi connectivity index (χ1v) is 5.36. The lowest BCUT2D eigenvalue weighted by Crippen LogP contribution is -1.87. The first-order chi connectivity index (χ1) is 8.18. The van der Waals surface area contributed by atoms with E-state index in [2.05, 4.69) is 0 Å². The van der Waals surface area contributed by atoms with E-state index in [0.717, 1.165) is 21.8 Å². The van der Waals surface area contributed by atoms with Crippen LogP contribution >= 0.6 is 11.8 Å². The van der Waals surface area contributed by atoms with Gasteiger partial charge in [0.1, 0.15) is 0 Å². The van der Waals surface area contributed by atoms with Gasteiger partial charge in [-0.25, -0.2) is 0 Å². The summed E-state index contributed by atoms with van der Waals surface area (Å²) in [5, 5.41) is 12.5. The van der Waals surface area contributed by atoms with Crippen LogP contribution in [0, 0.1) is 10.1 Å². The van der Waals surface area contributed by atoms with Gasteiger partial charge in [0.05, 0.1) is 16.0 Å². The standard InChI is InChI=1S/C12H7ClN2O2/c13-14-11-4-2-1-3-9(11)10-7-8(15(16)17)5-6-12(10)14/h1-7H. The molecule has 0 unspecified atom stereocenters. The van der Waals surface area contributed by atoms with Crippen molar-refractivity contribution in [3.05, 3.63) is 52.6 Å². The molecule has 0 aliphatic rings. The number of hydrogen-bond acceptors (Lipinski definition) is 2. The Bertz CT molecular complexity index is 749. The summed E-state index contributed by atoms with van der Waals surface area (Å²) in [6.45, 7) is 0. The lowest BCUT2D eigenvalue weighted by atomic mass is 10.1. The average molecular weight is 247 g/mol. The Morgan fingerprint density at radius 2 is 1.76 bits per heavy atom. The van der Waals surface area contributed by atoms with Crippen molar-refractivity contribution in [1.29, 1.82) is 0 Å². The van der Waals surface area contributed by atoms with Gasteiger partial charge in [-0.15, -0.1) is 0 Å². The predicted octanol–water partition coefficient (Wildman–Crippen LogP) is 3.70. The van der Waals surface area contributed by atoms with Crippen LogP contribution in [-0.4, -0.2) is 9.01 Å². The molecule has 0 aliphatic heterocycles. The molecule has 0 bridgehead atoms. The third-order valence-electron chi connectivity index (χ3n) is 2.81. The van der Waals surface area contributed by atoms with Crippen molar-refractivity contribution >= 4 is 39.3 Å². The summed E-state index contributed by atoms with van der Waals surface area (Å²) in [7, 11) is 0. The fourth-order valence-electron chi connectivity index (χ4n) is 2.03. The maximum atomic E-state index is 10.8. The molecular formula is C12H7ClN2O2. The van der Waals surface area contributed by atoms with Gasteiger partial charge < -0.3 is 0 Å². The molecule has 0 radical (unpaired) electrons. The Kier molecular flexibility index (Phi) is 2.06. The second-order valence-corrected chi connectivity index (χ2v) is 4.09. The first kappa shape index (κ1) is 10.1. The molecule has 0 spiro atoms. The van der Waals surface area contributed by atoms with Crippen molar-refractivity contribution in [2.24, 2.45) is 0 Å². The minimum atomic E-state index is -0.403. The zero-order chi connectivity index (χ0) is 12.0. The van der Waals surface area contributed by atoms with Crippen LogP contribution in [0.1, 0.15) is 0 Å². The molecule has 4 nitrogen and oxygen atoms in total. The second kappa shape index (κ2) is 3.46. The molecule has 5 heteroatoms. The van der Waals surface area contributed by atoms with E-state index < -0.39 is 4.92 Å². The third kappa shape index (κ3) is 1.38. The lowest BCUT2D eigenvalue weighted by molar-refractivity contribution is -0.384. The lowest BCUT2D eigenvalue weighted by Gasteiger charge is -1.94. The zero-order valence-corrected chi connectivity index (χ0v) is 9.39. The number of nitrogens with zero attached hydrogens (tertiary/aromatic N) is 2. The first-order valence-electron chi connectivity index (χ1n) is 5.02. The SMILES string of the molecule is O=[N+]([O-])c1ccc2c(c1)c1ccccc1n2Cl. The van der Waals surface area contributed by atoms with Crippen LogP contribution in [-0.2, 0) is 0 Å². The number of non-ortho nitro benzene ring substituents is 1. The number of aromatic nitrogens is 1. The average Bonchev–Trinajstić information content (AvgIpc) is 2.64. The van der Waals surface area contributed by atoms with Crippen molar-refractivity contribution in [1.82, 2.24) is 4.09 Å². The molecule has 1 heterocycles. The van der Waals surface area contributed by atoms with E-state index in [4.69, 9.17) is 11.8 Å². The fourth-order valence-corrected chi connectivity index (χ4v) is 2.32. The number of rotatable bonds is 1. The maximum absolute atomic E-state index is 10.8. The van der Waals surface area contributed by atoms with E-state index in [1.54, 1.807) is 12.1 Å². The Morgan fingerprint density at radius 1 is 1.06 bits per heavy atom. The minimum Gasteiger partial charge on any atom is -0.258 e. The molecule has 2 aromatic carbocycles. The van der Waals surface area contributed by atoms with Crippen LogP contribution in [0.5, 0.6) is 0 Å². The maximum Gasteiger partial charge on any atom is 0.270 e. The van der Waals surface area contributed by atoms with Crippen LogP contribution in [0.2, 0.25) is 0 Å². The molecule has 0 fully saturated rings. The molecule has 0 saturated heterocycles. The highest BCUT2D eigenvalue weighted by Gasteiger charge is 2.13. The molecule has 3 rings (SSSR count). The molecule has 0 aliphatic carbocycles. The van der Waals surface area contributed by atoms with Crippen molar-refractivity contribution in [3.8, 4) is 0 Å². The van der Waals surface area contributed by atoms with Gasteiger partial charge in [-0.2, -0.15) is 0 Å². The number of fused-ring (bicyclic) bond motifs is 3. The summed E-state index contributed by atoms with van der Waals surface area (Å²) in [5.41, 5.74) is 1.70. The minimum absolute atomic E-state index is 0.0746. The summed E-state index contributed by atoms with van der Waals surface area (Å²) >= 11 is 6.17. The molecule has 0 N–H and O–H groups in total. The molecule has 17 heavy (non-hydrogen) atoms. The van der Waals surface area contributed by atoms with E-state index in [0.29, 0.717) is 0 Å². The number of hydrogen-bond donors (Lipinski definition) is 0. The molecule has 0 amide bonds. The van der Waals surface area contributed by atoms with Crippen LogP contribution in [0.3, 0.4) is 0 Å². The highest BCUT2D eigenvalue weighted by molar-refractivity contribution is 6.26. The summed E-state index contributed by atoms with van der Waals surface area (Å²) < 4.78 is 1.52. The number of nitro benzene ring substituents is 1. The number of halogens is 1. The third-order valence-corrected chi connectivity index (χ3v) is 3.17.